The molecule has 1 saturated heterocycles. The van der Waals surface area contributed by atoms with Crippen molar-refractivity contribution in [2.75, 3.05) is 18.4 Å². The Bertz CT molecular complexity index is 461. The van der Waals surface area contributed by atoms with E-state index in [2.05, 4.69) is 20.8 Å². The minimum atomic E-state index is 0.470. The fraction of sp³-hybridized carbons (Fsp3) is 0.400. The van der Waals surface area contributed by atoms with Gasteiger partial charge in [0.2, 0.25) is 0 Å². The predicted molar refractivity (Wildman–Crippen MR) is 56.7 cm³/mol. The molecule has 2 aromatic rings. The van der Waals surface area contributed by atoms with Crippen molar-refractivity contribution in [1.29, 1.82) is 0 Å². The summed E-state index contributed by atoms with van der Waals surface area (Å²) in [6.07, 6.45) is 2.80. The summed E-state index contributed by atoms with van der Waals surface area (Å²) in [7, 11) is 0. The van der Waals surface area contributed by atoms with Gasteiger partial charge in [0.25, 0.3) is 5.71 Å². The molecule has 1 unspecified atom stereocenters. The van der Waals surface area contributed by atoms with E-state index in [1.807, 2.05) is 12.1 Å². The van der Waals surface area contributed by atoms with Crippen molar-refractivity contribution in [2.45, 2.75) is 12.5 Å². The predicted octanol–water partition coefficient (Wildman–Crippen LogP) is 0.997. The summed E-state index contributed by atoms with van der Waals surface area (Å²) >= 11 is 0. The van der Waals surface area contributed by atoms with Gasteiger partial charge >= 0.3 is 0 Å². The lowest BCUT2D eigenvalue weighted by atomic mass is 10.2. The summed E-state index contributed by atoms with van der Waals surface area (Å²) in [6, 6.07) is 4.39. The molecule has 3 heterocycles. The van der Waals surface area contributed by atoms with Gasteiger partial charge in [0.1, 0.15) is 5.82 Å². The summed E-state index contributed by atoms with van der Waals surface area (Å²) in [5.41, 5.74) is 0.589. The number of nitrogens with zero attached hydrogens (tertiary/aromatic N) is 2. The lowest BCUT2D eigenvalue weighted by Crippen LogP contribution is -2.22. The lowest BCUT2D eigenvalue weighted by molar-refractivity contribution is 0.449. The fourth-order valence-electron chi connectivity index (χ4n) is 1.82. The number of hydrogen-bond donors (Lipinski definition) is 2. The van der Waals surface area contributed by atoms with Gasteiger partial charge in [-0.25, -0.2) is 0 Å². The first kappa shape index (κ1) is 8.67. The van der Waals surface area contributed by atoms with Crippen molar-refractivity contribution in [3.8, 4) is 0 Å². The van der Waals surface area contributed by atoms with E-state index in [1.165, 1.54) is 0 Å². The molecule has 0 aromatic carbocycles. The Morgan fingerprint density at radius 1 is 1.47 bits per heavy atom. The van der Waals surface area contributed by atoms with Crippen LogP contribution in [0.1, 0.15) is 6.42 Å². The second kappa shape index (κ2) is 3.51. The van der Waals surface area contributed by atoms with Crippen LogP contribution in [-0.4, -0.2) is 29.3 Å². The molecule has 5 heteroatoms. The quantitative estimate of drug-likeness (QED) is 0.764. The standard InChI is InChI=1S/C10H12N4O/c1-2-9(13-8-3-4-11-6-8)14-10-7(1)5-12-15-10/h1-2,5,8,11H,3-4,6H2,(H,13,14). The average molecular weight is 204 g/mol. The van der Waals surface area contributed by atoms with Crippen LogP contribution in [0.15, 0.2) is 22.9 Å². The van der Waals surface area contributed by atoms with Crippen molar-refractivity contribution >= 4 is 16.9 Å². The van der Waals surface area contributed by atoms with Gasteiger partial charge in [0.15, 0.2) is 0 Å². The Kier molecular flexibility index (Phi) is 2.03. The van der Waals surface area contributed by atoms with E-state index in [4.69, 9.17) is 4.52 Å². The van der Waals surface area contributed by atoms with Crippen LogP contribution in [0.4, 0.5) is 5.82 Å². The van der Waals surface area contributed by atoms with Gasteiger partial charge in [-0.05, 0) is 25.1 Å². The summed E-state index contributed by atoms with van der Waals surface area (Å²) in [4.78, 5) is 4.33. The highest BCUT2D eigenvalue weighted by molar-refractivity contribution is 5.73. The molecule has 0 saturated carbocycles. The molecule has 0 amide bonds. The molecule has 5 nitrogen and oxygen atoms in total. The Labute approximate surface area is 86.9 Å². The Balaban J connectivity index is 1.84. The van der Waals surface area contributed by atoms with Gasteiger partial charge in [-0.1, -0.05) is 5.16 Å². The zero-order valence-electron chi connectivity index (χ0n) is 8.23. The number of pyridine rings is 1. The number of rotatable bonds is 2. The minimum absolute atomic E-state index is 0.470. The number of nitrogens with one attached hydrogen (secondary N) is 2. The van der Waals surface area contributed by atoms with Gasteiger partial charge in [-0.15, -0.1) is 0 Å². The Morgan fingerprint density at radius 3 is 3.33 bits per heavy atom. The molecule has 0 bridgehead atoms. The molecule has 1 aliphatic rings. The van der Waals surface area contributed by atoms with Crippen LogP contribution in [0.3, 0.4) is 0 Å². The van der Waals surface area contributed by atoms with Crippen LogP contribution in [0, 0.1) is 0 Å². The van der Waals surface area contributed by atoms with Gasteiger partial charge in [-0.3, -0.25) is 0 Å². The molecular weight excluding hydrogens is 192 g/mol. The molecule has 2 N–H and O–H groups in total. The molecule has 15 heavy (non-hydrogen) atoms. The van der Waals surface area contributed by atoms with Crippen molar-refractivity contribution in [1.82, 2.24) is 15.5 Å². The van der Waals surface area contributed by atoms with Crippen LogP contribution >= 0.6 is 0 Å². The van der Waals surface area contributed by atoms with Crippen molar-refractivity contribution in [2.24, 2.45) is 0 Å². The second-order valence-corrected chi connectivity index (χ2v) is 3.75. The van der Waals surface area contributed by atoms with E-state index in [1.54, 1.807) is 6.20 Å². The van der Waals surface area contributed by atoms with Crippen LogP contribution in [-0.2, 0) is 0 Å². The third kappa shape index (κ3) is 1.66. The van der Waals surface area contributed by atoms with Gasteiger partial charge in [-0.2, -0.15) is 4.98 Å². The third-order valence-corrected chi connectivity index (χ3v) is 2.63. The molecule has 1 atom stereocenters. The Morgan fingerprint density at radius 2 is 2.47 bits per heavy atom. The van der Waals surface area contributed by atoms with Gasteiger partial charge < -0.3 is 15.2 Å². The van der Waals surface area contributed by atoms with Crippen LogP contribution in [0.2, 0.25) is 0 Å². The first-order valence-corrected chi connectivity index (χ1v) is 5.10. The maximum atomic E-state index is 5.01. The summed E-state index contributed by atoms with van der Waals surface area (Å²) in [5.74, 6) is 0.855. The van der Waals surface area contributed by atoms with E-state index in [9.17, 15) is 0 Å². The zero-order chi connectivity index (χ0) is 10.1. The fourth-order valence-corrected chi connectivity index (χ4v) is 1.82. The monoisotopic (exact) mass is 204 g/mol. The van der Waals surface area contributed by atoms with Crippen LogP contribution in [0.5, 0.6) is 0 Å². The average Bonchev–Trinajstić information content (AvgIpc) is 2.87. The van der Waals surface area contributed by atoms with Gasteiger partial charge in [0, 0.05) is 12.6 Å². The highest BCUT2D eigenvalue weighted by Gasteiger charge is 2.14. The molecule has 3 rings (SSSR count). The molecule has 78 valence electrons. The van der Waals surface area contributed by atoms with E-state index >= 15 is 0 Å². The van der Waals surface area contributed by atoms with Crippen LogP contribution in [0.25, 0.3) is 11.1 Å². The van der Waals surface area contributed by atoms with Crippen molar-refractivity contribution < 1.29 is 4.52 Å². The summed E-state index contributed by atoms with van der Waals surface area (Å²) in [5, 5.41) is 11.3. The highest BCUT2D eigenvalue weighted by atomic mass is 16.5. The number of hydrogen-bond acceptors (Lipinski definition) is 5. The maximum absolute atomic E-state index is 5.01. The number of aromatic nitrogens is 2. The normalized spacial score (nSPS) is 20.9. The third-order valence-electron chi connectivity index (χ3n) is 2.63. The topological polar surface area (TPSA) is 63.0 Å². The van der Waals surface area contributed by atoms with E-state index in [-0.39, 0.29) is 0 Å². The zero-order valence-corrected chi connectivity index (χ0v) is 8.23. The first-order valence-electron chi connectivity index (χ1n) is 5.10. The van der Waals surface area contributed by atoms with Crippen molar-refractivity contribution in [3.63, 3.8) is 0 Å². The molecular formula is C10H12N4O. The van der Waals surface area contributed by atoms with Crippen LogP contribution < -0.4 is 10.6 Å². The number of fused-ring (bicyclic) bond motifs is 1. The van der Waals surface area contributed by atoms with E-state index in [0.717, 1.165) is 30.7 Å². The SMILES string of the molecule is c1cc2cnoc2nc1NC1CCNC1. The summed E-state index contributed by atoms with van der Waals surface area (Å²) in [6.45, 7) is 2.07. The highest BCUT2D eigenvalue weighted by Crippen LogP contribution is 2.15. The van der Waals surface area contributed by atoms with E-state index in [0.29, 0.717) is 11.8 Å². The minimum Gasteiger partial charge on any atom is -0.366 e. The number of anilines is 1. The molecule has 0 radical (unpaired) electrons. The molecule has 1 aliphatic heterocycles. The lowest BCUT2D eigenvalue weighted by Gasteiger charge is -2.10. The molecule has 1 fully saturated rings. The Hall–Kier alpha value is -1.62. The largest absolute Gasteiger partial charge is 0.366 e. The summed E-state index contributed by atoms with van der Waals surface area (Å²) < 4.78 is 5.01. The van der Waals surface area contributed by atoms with Gasteiger partial charge in [0.05, 0.1) is 11.6 Å². The molecule has 0 aliphatic carbocycles. The molecule has 0 spiro atoms. The van der Waals surface area contributed by atoms with E-state index < -0.39 is 0 Å². The first-order chi connectivity index (χ1) is 7.42. The second-order valence-electron chi connectivity index (χ2n) is 3.75. The molecule has 2 aromatic heterocycles. The maximum Gasteiger partial charge on any atom is 0.259 e. The van der Waals surface area contributed by atoms with Crippen molar-refractivity contribution in [3.05, 3.63) is 18.3 Å². The smallest absolute Gasteiger partial charge is 0.259 e.